The first-order chi connectivity index (χ1) is 8.36. The monoisotopic (exact) mass is 271 g/mol. The highest BCUT2D eigenvalue weighted by Gasteiger charge is 2.19. The number of amides is 1. The van der Waals surface area contributed by atoms with E-state index in [1.165, 1.54) is 0 Å². The molecular formula is C11H17N3O3S. The summed E-state index contributed by atoms with van der Waals surface area (Å²) in [6.07, 6.45) is 0. The highest BCUT2D eigenvalue weighted by atomic mass is 32.1. The number of likely N-dealkylation sites (N-methyl/N-ethyl adjacent to an activating group) is 1. The topological polar surface area (TPSA) is 82.5 Å². The van der Waals surface area contributed by atoms with Gasteiger partial charge in [0.1, 0.15) is 10.9 Å². The molecule has 0 saturated heterocycles. The lowest BCUT2D eigenvalue weighted by atomic mass is 10.3. The maximum Gasteiger partial charge on any atom is 0.347 e. The van der Waals surface area contributed by atoms with Crippen LogP contribution in [0.5, 0.6) is 0 Å². The molecule has 0 fully saturated rings. The summed E-state index contributed by atoms with van der Waals surface area (Å²) in [5.41, 5.74) is 0.457. The second-order valence-corrected chi connectivity index (χ2v) is 4.96. The number of rotatable bonds is 5. The predicted molar refractivity (Wildman–Crippen MR) is 70.2 cm³/mol. The highest BCUT2D eigenvalue weighted by Crippen LogP contribution is 2.23. The number of carboxylic acids is 1. The molecular weight excluding hydrogens is 254 g/mol. The summed E-state index contributed by atoms with van der Waals surface area (Å²) >= 11 is 1.04. The Kier molecular flexibility index (Phi) is 4.66. The fraction of sp³-hybridized carbons (Fsp3) is 0.545. The van der Waals surface area contributed by atoms with Crippen LogP contribution in [0.3, 0.4) is 0 Å². The molecule has 1 heterocycles. The molecule has 1 aromatic heterocycles. The summed E-state index contributed by atoms with van der Waals surface area (Å²) < 4.78 is 0. The van der Waals surface area contributed by atoms with Crippen molar-refractivity contribution in [1.29, 1.82) is 0 Å². The number of hydrogen-bond donors (Lipinski definition) is 2. The van der Waals surface area contributed by atoms with Gasteiger partial charge in [-0.3, -0.25) is 4.79 Å². The summed E-state index contributed by atoms with van der Waals surface area (Å²) in [6.45, 7) is 5.88. The Morgan fingerprint density at radius 3 is 2.61 bits per heavy atom. The number of thiazole rings is 1. The Morgan fingerprint density at radius 2 is 2.17 bits per heavy atom. The van der Waals surface area contributed by atoms with Crippen molar-refractivity contribution in [3.63, 3.8) is 0 Å². The Hall–Kier alpha value is -1.63. The van der Waals surface area contributed by atoms with E-state index in [4.69, 9.17) is 5.11 Å². The van der Waals surface area contributed by atoms with Gasteiger partial charge in [0.05, 0.1) is 5.69 Å². The van der Waals surface area contributed by atoms with E-state index in [1.807, 2.05) is 6.92 Å². The quantitative estimate of drug-likeness (QED) is 0.846. The largest absolute Gasteiger partial charge is 0.477 e. The zero-order valence-electron chi connectivity index (χ0n) is 10.9. The summed E-state index contributed by atoms with van der Waals surface area (Å²) in [7, 11) is 1.72. The normalized spacial score (nSPS) is 12.0. The summed E-state index contributed by atoms with van der Waals surface area (Å²) in [5.74, 6) is -1.05. The summed E-state index contributed by atoms with van der Waals surface area (Å²) in [5, 5.41) is 12.3. The van der Waals surface area contributed by atoms with Gasteiger partial charge in [-0.05, 0) is 20.8 Å². The number of aryl methyl sites for hydroxylation is 1. The van der Waals surface area contributed by atoms with E-state index in [9.17, 15) is 9.59 Å². The van der Waals surface area contributed by atoms with Gasteiger partial charge < -0.3 is 15.3 Å². The molecule has 0 aliphatic rings. The lowest BCUT2D eigenvalue weighted by Crippen LogP contribution is -2.38. The SMILES string of the molecule is CCN(C)C(=O)C(C)Nc1nc(C)c(C(=O)O)s1. The molecule has 0 spiro atoms. The van der Waals surface area contributed by atoms with Gasteiger partial charge in [-0.25, -0.2) is 9.78 Å². The third-order valence-corrected chi connectivity index (χ3v) is 3.63. The minimum atomic E-state index is -0.997. The van der Waals surface area contributed by atoms with Crippen molar-refractivity contribution in [2.24, 2.45) is 0 Å². The maximum atomic E-state index is 11.8. The van der Waals surface area contributed by atoms with Gasteiger partial charge in [0.15, 0.2) is 5.13 Å². The van der Waals surface area contributed by atoms with Crippen molar-refractivity contribution in [2.75, 3.05) is 18.9 Å². The fourth-order valence-corrected chi connectivity index (χ4v) is 2.28. The molecule has 100 valence electrons. The number of nitrogens with one attached hydrogen (secondary N) is 1. The van der Waals surface area contributed by atoms with Gasteiger partial charge in [-0.2, -0.15) is 0 Å². The number of carbonyl (C=O) groups is 2. The van der Waals surface area contributed by atoms with Crippen LogP contribution in [0, 0.1) is 6.92 Å². The molecule has 1 aromatic rings. The molecule has 7 heteroatoms. The molecule has 0 aromatic carbocycles. The zero-order valence-corrected chi connectivity index (χ0v) is 11.7. The third kappa shape index (κ3) is 3.19. The number of carbonyl (C=O) groups excluding carboxylic acids is 1. The van der Waals surface area contributed by atoms with Crippen LogP contribution in [0.4, 0.5) is 5.13 Å². The van der Waals surface area contributed by atoms with E-state index in [0.717, 1.165) is 11.3 Å². The number of nitrogens with zero attached hydrogens (tertiary/aromatic N) is 2. The van der Waals surface area contributed by atoms with Crippen molar-refractivity contribution in [3.8, 4) is 0 Å². The fourth-order valence-electron chi connectivity index (χ4n) is 1.39. The molecule has 18 heavy (non-hydrogen) atoms. The van der Waals surface area contributed by atoms with Gasteiger partial charge in [0.2, 0.25) is 5.91 Å². The van der Waals surface area contributed by atoms with Crippen LogP contribution >= 0.6 is 11.3 Å². The van der Waals surface area contributed by atoms with E-state index in [1.54, 1.807) is 25.8 Å². The third-order valence-electron chi connectivity index (χ3n) is 2.55. The predicted octanol–water partition coefficient (Wildman–Crippen LogP) is 1.43. The van der Waals surface area contributed by atoms with Gasteiger partial charge in [-0.1, -0.05) is 11.3 Å². The van der Waals surface area contributed by atoms with E-state index < -0.39 is 12.0 Å². The molecule has 0 aliphatic heterocycles. The van der Waals surface area contributed by atoms with Crippen LogP contribution < -0.4 is 5.32 Å². The van der Waals surface area contributed by atoms with Gasteiger partial charge in [0.25, 0.3) is 0 Å². The second kappa shape index (κ2) is 5.81. The van der Waals surface area contributed by atoms with E-state index in [2.05, 4.69) is 10.3 Å². The molecule has 2 N–H and O–H groups in total. The Labute approximate surface area is 110 Å². The highest BCUT2D eigenvalue weighted by molar-refractivity contribution is 7.17. The van der Waals surface area contributed by atoms with Crippen LogP contribution in [0.25, 0.3) is 0 Å². The molecule has 0 aliphatic carbocycles. The van der Waals surface area contributed by atoms with Crippen molar-refractivity contribution in [2.45, 2.75) is 26.8 Å². The van der Waals surface area contributed by atoms with E-state index >= 15 is 0 Å². The average Bonchev–Trinajstić information content (AvgIpc) is 2.68. The van der Waals surface area contributed by atoms with Crippen molar-refractivity contribution in [3.05, 3.63) is 10.6 Å². The van der Waals surface area contributed by atoms with Crippen LogP contribution in [0.1, 0.15) is 29.2 Å². The van der Waals surface area contributed by atoms with Crippen LogP contribution in [-0.4, -0.2) is 46.5 Å². The Bertz CT molecular complexity index is 458. The van der Waals surface area contributed by atoms with Gasteiger partial charge in [0, 0.05) is 13.6 Å². The Morgan fingerprint density at radius 1 is 1.56 bits per heavy atom. The van der Waals surface area contributed by atoms with E-state index in [-0.39, 0.29) is 10.8 Å². The smallest absolute Gasteiger partial charge is 0.347 e. The summed E-state index contributed by atoms with van der Waals surface area (Å²) in [4.78, 5) is 28.6. The van der Waals surface area contributed by atoms with Crippen molar-refractivity contribution in [1.82, 2.24) is 9.88 Å². The molecule has 0 bridgehead atoms. The molecule has 1 rings (SSSR count). The average molecular weight is 271 g/mol. The summed E-state index contributed by atoms with van der Waals surface area (Å²) in [6, 6.07) is -0.429. The Balaban J connectivity index is 2.76. The number of carboxylic acid groups (broad SMARTS) is 1. The first-order valence-corrected chi connectivity index (χ1v) is 6.40. The lowest BCUT2D eigenvalue weighted by molar-refractivity contribution is -0.130. The number of aromatic nitrogens is 1. The minimum Gasteiger partial charge on any atom is -0.477 e. The zero-order chi connectivity index (χ0) is 13.9. The standard InChI is InChI=1S/C11H17N3O3S/c1-5-14(4)9(15)7(3)13-11-12-6(2)8(18-11)10(16)17/h7H,5H2,1-4H3,(H,12,13)(H,16,17). The van der Waals surface area contributed by atoms with Crippen LogP contribution in [0.2, 0.25) is 0 Å². The van der Waals surface area contributed by atoms with Gasteiger partial charge in [-0.15, -0.1) is 0 Å². The second-order valence-electron chi connectivity index (χ2n) is 3.96. The lowest BCUT2D eigenvalue weighted by Gasteiger charge is -2.20. The van der Waals surface area contributed by atoms with Crippen molar-refractivity contribution < 1.29 is 14.7 Å². The molecule has 6 nitrogen and oxygen atoms in total. The molecule has 1 amide bonds. The first-order valence-electron chi connectivity index (χ1n) is 5.59. The molecule has 1 atom stereocenters. The van der Waals surface area contributed by atoms with Crippen molar-refractivity contribution >= 4 is 28.3 Å². The molecule has 1 unspecified atom stereocenters. The van der Waals surface area contributed by atoms with Crippen LogP contribution in [-0.2, 0) is 4.79 Å². The molecule has 0 saturated carbocycles. The van der Waals surface area contributed by atoms with E-state index in [0.29, 0.717) is 17.4 Å². The number of aromatic carboxylic acids is 1. The molecule has 0 radical (unpaired) electrons. The van der Waals surface area contributed by atoms with Gasteiger partial charge >= 0.3 is 5.97 Å². The number of anilines is 1. The van der Waals surface area contributed by atoms with Crippen LogP contribution in [0.15, 0.2) is 0 Å². The maximum absolute atomic E-state index is 11.8. The first kappa shape index (κ1) is 14.4. The number of hydrogen-bond acceptors (Lipinski definition) is 5. The minimum absolute atomic E-state index is 0.0535.